The highest BCUT2D eigenvalue weighted by molar-refractivity contribution is 7.99. The number of carbonyl (C=O) groups excluding carboxylic acids is 2. The second-order valence-corrected chi connectivity index (χ2v) is 9.40. The van der Waals surface area contributed by atoms with Gasteiger partial charge in [-0.05, 0) is 48.7 Å². The second-order valence-electron chi connectivity index (χ2n) is 7.17. The Kier molecular flexibility index (Phi) is 11.0. The zero-order chi connectivity index (χ0) is 22.8. The van der Waals surface area contributed by atoms with E-state index >= 15 is 0 Å². The molecule has 0 aliphatic carbocycles. The van der Waals surface area contributed by atoms with Crippen molar-refractivity contribution in [2.24, 2.45) is 0 Å². The summed E-state index contributed by atoms with van der Waals surface area (Å²) in [5.74, 6) is 0.412. The first-order chi connectivity index (χ1) is 14.8. The van der Waals surface area contributed by atoms with Crippen LogP contribution in [0.5, 0.6) is 0 Å². The van der Waals surface area contributed by atoms with Crippen LogP contribution in [0, 0.1) is 0 Å². The highest BCUT2D eigenvalue weighted by Crippen LogP contribution is 2.28. The Labute approximate surface area is 203 Å². The van der Waals surface area contributed by atoms with Gasteiger partial charge in [0.1, 0.15) is 6.04 Å². The molecule has 2 aromatic rings. The molecule has 8 heteroatoms. The van der Waals surface area contributed by atoms with Gasteiger partial charge < -0.3 is 10.2 Å². The Bertz CT molecular complexity index is 875. The molecule has 0 fully saturated rings. The number of thioether (sulfide) groups is 1. The Balaban J connectivity index is 2.08. The molecule has 4 nitrogen and oxygen atoms in total. The minimum absolute atomic E-state index is 0.133. The van der Waals surface area contributed by atoms with Crippen LogP contribution >= 0.6 is 46.6 Å². The average molecular weight is 502 g/mol. The topological polar surface area (TPSA) is 49.4 Å². The van der Waals surface area contributed by atoms with Gasteiger partial charge in [0.05, 0.1) is 5.75 Å². The Hall–Kier alpha value is -1.40. The Morgan fingerprint density at radius 1 is 1.10 bits per heavy atom. The summed E-state index contributed by atoms with van der Waals surface area (Å²) in [4.78, 5) is 27.3. The van der Waals surface area contributed by atoms with Crippen LogP contribution in [0.3, 0.4) is 0 Å². The van der Waals surface area contributed by atoms with E-state index in [-0.39, 0.29) is 17.6 Å². The van der Waals surface area contributed by atoms with Crippen molar-refractivity contribution in [2.45, 2.75) is 45.0 Å². The minimum atomic E-state index is -0.604. The van der Waals surface area contributed by atoms with Crippen LogP contribution in [0.1, 0.15) is 37.8 Å². The standard InChI is InChI=1S/C23H27Cl3N2O2S/c1-3-4-11-27-23(30)16(2)28(13-17-7-5-8-18(24)12-17)22(29)15-31-14-19-20(25)9-6-10-21(19)26/h5-10,12,16H,3-4,11,13-15H2,1-2H3,(H,27,30)/t16-/m0/s1. The van der Waals surface area contributed by atoms with Crippen molar-refractivity contribution in [2.75, 3.05) is 12.3 Å². The number of hydrogen-bond acceptors (Lipinski definition) is 3. The summed E-state index contributed by atoms with van der Waals surface area (Å²) in [6.45, 7) is 4.71. The van der Waals surface area contributed by atoms with E-state index in [4.69, 9.17) is 34.8 Å². The van der Waals surface area contributed by atoms with E-state index < -0.39 is 6.04 Å². The first-order valence-electron chi connectivity index (χ1n) is 10.2. The summed E-state index contributed by atoms with van der Waals surface area (Å²) >= 11 is 20.0. The number of hydrogen-bond donors (Lipinski definition) is 1. The van der Waals surface area contributed by atoms with Crippen LogP contribution in [-0.4, -0.2) is 35.1 Å². The maximum absolute atomic E-state index is 13.1. The van der Waals surface area contributed by atoms with E-state index in [0.717, 1.165) is 24.0 Å². The number of nitrogens with one attached hydrogen (secondary N) is 1. The molecule has 1 atom stereocenters. The number of rotatable bonds is 11. The lowest BCUT2D eigenvalue weighted by molar-refractivity contribution is -0.138. The normalized spacial score (nSPS) is 11.8. The molecule has 0 spiro atoms. The molecule has 31 heavy (non-hydrogen) atoms. The lowest BCUT2D eigenvalue weighted by Gasteiger charge is -2.29. The quantitative estimate of drug-likeness (QED) is 0.372. The van der Waals surface area contributed by atoms with Crippen LogP contribution in [0.4, 0.5) is 0 Å². The molecule has 0 radical (unpaired) electrons. The summed E-state index contributed by atoms with van der Waals surface area (Å²) in [7, 11) is 0. The largest absolute Gasteiger partial charge is 0.354 e. The predicted octanol–water partition coefficient (Wildman–Crippen LogP) is 6.21. The van der Waals surface area contributed by atoms with Crippen molar-refractivity contribution in [1.82, 2.24) is 10.2 Å². The van der Waals surface area contributed by atoms with Crippen molar-refractivity contribution in [3.8, 4) is 0 Å². The molecule has 0 saturated heterocycles. The van der Waals surface area contributed by atoms with Crippen LogP contribution in [0.2, 0.25) is 15.1 Å². The molecule has 0 saturated carbocycles. The summed E-state index contributed by atoms with van der Waals surface area (Å²) in [5, 5.41) is 4.65. The summed E-state index contributed by atoms with van der Waals surface area (Å²) in [6.07, 6.45) is 1.89. The predicted molar refractivity (Wildman–Crippen MR) is 132 cm³/mol. The number of amides is 2. The molecule has 2 aromatic carbocycles. The molecule has 0 unspecified atom stereocenters. The summed E-state index contributed by atoms with van der Waals surface area (Å²) < 4.78 is 0. The van der Waals surface area contributed by atoms with E-state index in [1.807, 2.05) is 12.1 Å². The van der Waals surface area contributed by atoms with Gasteiger partial charge in [-0.2, -0.15) is 0 Å². The van der Waals surface area contributed by atoms with Gasteiger partial charge in [-0.15, -0.1) is 11.8 Å². The van der Waals surface area contributed by atoms with Crippen LogP contribution < -0.4 is 5.32 Å². The van der Waals surface area contributed by atoms with Gasteiger partial charge in [0.25, 0.3) is 0 Å². The monoisotopic (exact) mass is 500 g/mol. The number of nitrogens with zero attached hydrogens (tertiary/aromatic N) is 1. The van der Waals surface area contributed by atoms with Crippen LogP contribution in [-0.2, 0) is 21.9 Å². The first-order valence-corrected chi connectivity index (χ1v) is 12.4. The third-order valence-corrected chi connectivity index (χ3v) is 6.66. The highest BCUT2D eigenvalue weighted by atomic mass is 35.5. The Morgan fingerprint density at radius 2 is 1.77 bits per heavy atom. The lowest BCUT2D eigenvalue weighted by Crippen LogP contribution is -2.48. The Morgan fingerprint density at radius 3 is 2.42 bits per heavy atom. The number of unbranched alkanes of at least 4 members (excludes halogenated alkanes) is 1. The summed E-state index contributed by atoms with van der Waals surface area (Å²) in [6, 6.07) is 12.0. The zero-order valence-electron chi connectivity index (χ0n) is 17.7. The minimum Gasteiger partial charge on any atom is -0.354 e. The van der Waals surface area contributed by atoms with Crippen molar-refractivity contribution < 1.29 is 9.59 Å². The van der Waals surface area contributed by atoms with E-state index in [1.165, 1.54) is 11.8 Å². The zero-order valence-corrected chi connectivity index (χ0v) is 20.8. The van der Waals surface area contributed by atoms with E-state index in [1.54, 1.807) is 42.2 Å². The smallest absolute Gasteiger partial charge is 0.242 e. The van der Waals surface area contributed by atoms with Crippen LogP contribution in [0.15, 0.2) is 42.5 Å². The number of benzene rings is 2. The average Bonchev–Trinajstić information content (AvgIpc) is 2.73. The van der Waals surface area contributed by atoms with Crippen molar-refractivity contribution in [3.63, 3.8) is 0 Å². The van der Waals surface area contributed by atoms with Gasteiger partial charge in [-0.1, -0.05) is 66.3 Å². The van der Waals surface area contributed by atoms with E-state index in [9.17, 15) is 9.59 Å². The molecule has 0 heterocycles. The van der Waals surface area contributed by atoms with Crippen LogP contribution in [0.25, 0.3) is 0 Å². The molecule has 0 aromatic heterocycles. The molecule has 2 amide bonds. The van der Waals surface area contributed by atoms with Crippen molar-refractivity contribution in [1.29, 1.82) is 0 Å². The third-order valence-electron chi connectivity index (χ3n) is 4.77. The van der Waals surface area contributed by atoms with Gasteiger partial charge in [0.2, 0.25) is 11.8 Å². The molecule has 168 valence electrons. The van der Waals surface area contributed by atoms with E-state index in [0.29, 0.717) is 33.9 Å². The molecule has 1 N–H and O–H groups in total. The van der Waals surface area contributed by atoms with Gasteiger partial charge in [0, 0.05) is 33.9 Å². The molecule has 0 aliphatic heterocycles. The summed E-state index contributed by atoms with van der Waals surface area (Å²) in [5.41, 5.74) is 1.67. The highest BCUT2D eigenvalue weighted by Gasteiger charge is 2.26. The SMILES string of the molecule is CCCCNC(=O)[C@H](C)N(Cc1cccc(Cl)c1)C(=O)CSCc1c(Cl)cccc1Cl. The van der Waals surface area contributed by atoms with Gasteiger partial charge in [0.15, 0.2) is 0 Å². The second kappa shape index (κ2) is 13.2. The molecular formula is C23H27Cl3N2O2S. The van der Waals surface area contributed by atoms with Gasteiger partial charge in [-0.25, -0.2) is 0 Å². The number of halogens is 3. The molecular weight excluding hydrogens is 475 g/mol. The first kappa shape index (κ1) is 25.9. The number of carbonyl (C=O) groups is 2. The third kappa shape index (κ3) is 8.23. The fourth-order valence-electron chi connectivity index (χ4n) is 2.94. The van der Waals surface area contributed by atoms with Crippen molar-refractivity contribution >= 4 is 58.4 Å². The maximum atomic E-state index is 13.1. The fourth-order valence-corrected chi connectivity index (χ4v) is 4.80. The molecule has 2 rings (SSSR count). The van der Waals surface area contributed by atoms with Crippen molar-refractivity contribution in [3.05, 3.63) is 68.7 Å². The lowest BCUT2D eigenvalue weighted by atomic mass is 10.1. The van der Waals surface area contributed by atoms with Gasteiger partial charge >= 0.3 is 0 Å². The van der Waals surface area contributed by atoms with Gasteiger partial charge in [-0.3, -0.25) is 9.59 Å². The van der Waals surface area contributed by atoms with E-state index in [2.05, 4.69) is 12.2 Å². The molecule has 0 aliphatic rings. The maximum Gasteiger partial charge on any atom is 0.242 e. The fraction of sp³-hybridized carbons (Fsp3) is 0.391. The molecule has 0 bridgehead atoms.